The Morgan fingerprint density at radius 3 is 2.57 bits per heavy atom. The molecule has 0 aromatic heterocycles. The highest BCUT2D eigenvalue weighted by Crippen LogP contribution is 2.40. The molecule has 1 saturated carbocycles. The fourth-order valence-electron chi connectivity index (χ4n) is 2.44. The number of carboxylic acids is 1. The summed E-state index contributed by atoms with van der Waals surface area (Å²) >= 11 is 0. The summed E-state index contributed by atoms with van der Waals surface area (Å²) in [4.78, 5) is 10.8. The van der Waals surface area contributed by atoms with Gasteiger partial charge in [0.25, 0.3) is 0 Å². The zero-order valence-corrected chi connectivity index (χ0v) is 8.39. The van der Waals surface area contributed by atoms with E-state index in [1.54, 1.807) is 0 Å². The number of carboxylic acid groups (broad SMARTS) is 1. The molecule has 0 saturated heterocycles. The average Bonchev–Trinajstić information content (AvgIpc) is 2.60. The fraction of sp³-hybridized carbons (Fsp3) is 0.900. The minimum absolute atomic E-state index is 0.0499. The third-order valence-corrected chi connectivity index (χ3v) is 3.30. The average molecular weight is 202 g/mol. The lowest BCUT2D eigenvalue weighted by Crippen LogP contribution is -2.27. The Morgan fingerprint density at radius 2 is 2.14 bits per heavy atom. The smallest absolute Gasteiger partial charge is 0.306 e. The Hall–Kier alpha value is -0.610. The molecular formula is C10H18O4. The second-order valence-electron chi connectivity index (χ2n) is 4.09. The van der Waals surface area contributed by atoms with E-state index < -0.39 is 12.1 Å². The van der Waals surface area contributed by atoms with Gasteiger partial charge >= 0.3 is 5.97 Å². The molecule has 1 aliphatic rings. The van der Waals surface area contributed by atoms with Crippen molar-refractivity contribution in [3.05, 3.63) is 0 Å². The van der Waals surface area contributed by atoms with E-state index in [9.17, 15) is 9.90 Å². The molecule has 82 valence electrons. The first kappa shape index (κ1) is 11.5. The first-order valence-electron chi connectivity index (χ1n) is 5.11. The largest absolute Gasteiger partial charge is 0.481 e. The Balaban J connectivity index is 2.62. The van der Waals surface area contributed by atoms with Crippen LogP contribution in [0.3, 0.4) is 0 Å². The molecule has 3 N–H and O–H groups in total. The van der Waals surface area contributed by atoms with Crippen LogP contribution in [0, 0.1) is 17.8 Å². The topological polar surface area (TPSA) is 77.8 Å². The summed E-state index contributed by atoms with van der Waals surface area (Å²) in [5.74, 6) is -0.938. The normalized spacial score (nSPS) is 34.4. The second-order valence-corrected chi connectivity index (χ2v) is 4.09. The van der Waals surface area contributed by atoms with Gasteiger partial charge in [-0.2, -0.15) is 0 Å². The Bertz CT molecular complexity index is 204. The number of rotatable bonds is 4. The van der Waals surface area contributed by atoms with Crippen molar-refractivity contribution in [1.82, 2.24) is 0 Å². The molecule has 0 radical (unpaired) electrons. The molecule has 4 nitrogen and oxygen atoms in total. The highest BCUT2D eigenvalue weighted by molar-refractivity contribution is 5.70. The Morgan fingerprint density at radius 1 is 1.50 bits per heavy atom. The zero-order chi connectivity index (χ0) is 10.7. The highest BCUT2D eigenvalue weighted by Gasteiger charge is 2.39. The van der Waals surface area contributed by atoms with Crippen molar-refractivity contribution < 1.29 is 20.1 Å². The number of hydrogen-bond acceptors (Lipinski definition) is 3. The van der Waals surface area contributed by atoms with E-state index >= 15 is 0 Å². The molecule has 0 spiro atoms. The van der Waals surface area contributed by atoms with Crippen molar-refractivity contribution in [2.75, 3.05) is 6.61 Å². The van der Waals surface area contributed by atoms with Gasteiger partial charge in [-0.15, -0.1) is 0 Å². The van der Waals surface area contributed by atoms with E-state index in [1.165, 1.54) is 0 Å². The van der Waals surface area contributed by atoms with Crippen LogP contribution in [0.1, 0.15) is 26.2 Å². The van der Waals surface area contributed by atoms with Crippen LogP contribution in [0.2, 0.25) is 0 Å². The van der Waals surface area contributed by atoms with Gasteiger partial charge < -0.3 is 15.3 Å². The molecule has 1 rings (SSSR count). The third-order valence-electron chi connectivity index (χ3n) is 3.30. The lowest BCUT2D eigenvalue weighted by Gasteiger charge is -2.21. The van der Waals surface area contributed by atoms with Crippen molar-refractivity contribution in [1.29, 1.82) is 0 Å². The van der Waals surface area contributed by atoms with Crippen LogP contribution in [-0.4, -0.2) is 34.0 Å². The molecule has 1 fully saturated rings. The van der Waals surface area contributed by atoms with Crippen LogP contribution in [0.25, 0.3) is 0 Å². The molecule has 0 bridgehead atoms. The number of aliphatic carboxylic acids is 1. The molecule has 1 aliphatic carbocycles. The number of hydrogen-bond donors (Lipinski definition) is 3. The summed E-state index contributed by atoms with van der Waals surface area (Å²) in [6.45, 7) is 1.72. The number of aliphatic hydroxyl groups is 2. The van der Waals surface area contributed by atoms with Crippen LogP contribution in [0.5, 0.6) is 0 Å². The first-order chi connectivity index (χ1) is 6.60. The summed E-state index contributed by atoms with van der Waals surface area (Å²) in [5, 5.41) is 27.2. The summed E-state index contributed by atoms with van der Waals surface area (Å²) in [6, 6.07) is 0. The van der Waals surface area contributed by atoms with Crippen molar-refractivity contribution in [2.45, 2.75) is 32.3 Å². The summed E-state index contributed by atoms with van der Waals surface area (Å²) in [6.07, 6.45) is 1.23. The van der Waals surface area contributed by atoms with Gasteiger partial charge in [0.2, 0.25) is 0 Å². The van der Waals surface area contributed by atoms with Crippen molar-refractivity contribution >= 4 is 5.97 Å². The minimum atomic E-state index is -0.781. The van der Waals surface area contributed by atoms with Crippen LogP contribution >= 0.6 is 0 Å². The molecule has 4 atom stereocenters. The number of carbonyl (C=O) groups is 1. The van der Waals surface area contributed by atoms with E-state index in [-0.39, 0.29) is 24.4 Å². The maximum atomic E-state index is 10.8. The van der Waals surface area contributed by atoms with E-state index in [1.807, 2.05) is 6.92 Å². The summed E-state index contributed by atoms with van der Waals surface area (Å²) in [5.41, 5.74) is 0. The molecule has 4 heteroatoms. The van der Waals surface area contributed by atoms with Crippen LogP contribution < -0.4 is 0 Å². The molecule has 1 unspecified atom stereocenters. The van der Waals surface area contributed by atoms with E-state index in [0.717, 1.165) is 6.42 Å². The number of aliphatic hydroxyl groups excluding tert-OH is 2. The molecule has 0 aliphatic heterocycles. The predicted octanol–water partition coefficient (Wildman–Crippen LogP) is 0.477. The van der Waals surface area contributed by atoms with Gasteiger partial charge in [-0.3, -0.25) is 4.79 Å². The molecular weight excluding hydrogens is 184 g/mol. The third kappa shape index (κ3) is 2.25. The van der Waals surface area contributed by atoms with E-state index in [4.69, 9.17) is 10.2 Å². The van der Waals surface area contributed by atoms with Gasteiger partial charge in [-0.1, -0.05) is 13.3 Å². The Labute approximate surface area is 83.6 Å². The van der Waals surface area contributed by atoms with Gasteiger partial charge in [0, 0.05) is 0 Å². The minimum Gasteiger partial charge on any atom is -0.481 e. The second kappa shape index (κ2) is 4.75. The SMILES string of the molecule is CC[C@@H]1C[C@H](C(=O)O)C[C@H]1C(O)CO. The Kier molecular flexibility index (Phi) is 3.89. The lowest BCUT2D eigenvalue weighted by molar-refractivity contribution is -0.141. The van der Waals surface area contributed by atoms with Gasteiger partial charge in [0.15, 0.2) is 0 Å². The quantitative estimate of drug-likeness (QED) is 0.619. The van der Waals surface area contributed by atoms with Crippen LogP contribution in [0.4, 0.5) is 0 Å². The van der Waals surface area contributed by atoms with Gasteiger partial charge in [-0.25, -0.2) is 0 Å². The van der Waals surface area contributed by atoms with Crippen molar-refractivity contribution in [3.8, 4) is 0 Å². The van der Waals surface area contributed by atoms with Gasteiger partial charge in [-0.05, 0) is 24.7 Å². The first-order valence-corrected chi connectivity index (χ1v) is 5.11. The zero-order valence-electron chi connectivity index (χ0n) is 8.39. The van der Waals surface area contributed by atoms with Gasteiger partial charge in [0.1, 0.15) is 0 Å². The molecule has 0 heterocycles. The van der Waals surface area contributed by atoms with Crippen LogP contribution in [0.15, 0.2) is 0 Å². The predicted molar refractivity (Wildman–Crippen MR) is 50.7 cm³/mol. The summed E-state index contributed by atoms with van der Waals surface area (Å²) in [7, 11) is 0. The van der Waals surface area contributed by atoms with Crippen molar-refractivity contribution in [3.63, 3.8) is 0 Å². The molecule has 0 aromatic carbocycles. The maximum absolute atomic E-state index is 10.8. The molecule has 14 heavy (non-hydrogen) atoms. The maximum Gasteiger partial charge on any atom is 0.306 e. The molecule has 0 amide bonds. The van der Waals surface area contributed by atoms with E-state index in [0.29, 0.717) is 12.8 Å². The van der Waals surface area contributed by atoms with Gasteiger partial charge in [0.05, 0.1) is 18.6 Å². The monoisotopic (exact) mass is 202 g/mol. The lowest BCUT2D eigenvalue weighted by atomic mass is 9.89. The molecule has 0 aromatic rings. The van der Waals surface area contributed by atoms with E-state index in [2.05, 4.69) is 0 Å². The standard InChI is InChI=1S/C10H18O4/c1-2-6-3-7(10(13)14)4-8(6)9(12)5-11/h6-9,11-12H,2-5H2,1H3,(H,13,14)/t6-,7+,8-,9?/m1/s1. The van der Waals surface area contributed by atoms with Crippen LogP contribution in [-0.2, 0) is 4.79 Å². The summed E-state index contributed by atoms with van der Waals surface area (Å²) < 4.78 is 0. The highest BCUT2D eigenvalue weighted by atomic mass is 16.4. The van der Waals surface area contributed by atoms with Crippen molar-refractivity contribution in [2.24, 2.45) is 17.8 Å². The fourth-order valence-corrected chi connectivity index (χ4v) is 2.44.